The molecule has 1 saturated heterocycles. The number of aromatic amines is 1. The number of fused-ring (bicyclic) bond motifs is 19. The van der Waals surface area contributed by atoms with Gasteiger partial charge in [0.15, 0.2) is 40.9 Å². The second kappa shape index (κ2) is 42.8. The number of likely N-dealkylation sites (N-methyl/N-ethyl adjacent to an activating group) is 2. The van der Waals surface area contributed by atoms with E-state index in [4.69, 9.17) is 40.6 Å². The highest BCUT2D eigenvalue weighted by atomic mass is 35.5. The van der Waals surface area contributed by atoms with Gasteiger partial charge in [0, 0.05) is 131 Å². The predicted octanol–water partition coefficient (Wildman–Crippen LogP) is -0.147. The summed E-state index contributed by atoms with van der Waals surface area (Å²) >= 11 is 1.65. The number of rotatable bonds is 15. The lowest BCUT2D eigenvalue weighted by Crippen LogP contribution is -3.00. The van der Waals surface area contributed by atoms with Gasteiger partial charge in [0.05, 0.1) is 105 Å². The molecule has 4 aromatic carbocycles. The molecule has 740 valence electrons. The molecule has 6 aromatic rings. The minimum Gasteiger partial charge on any atom is -1.00 e. The summed E-state index contributed by atoms with van der Waals surface area (Å²) < 4.78 is 27.1. The van der Waals surface area contributed by atoms with E-state index in [9.17, 15) is 105 Å². The topological polar surface area (TPSA) is 639 Å². The summed E-state index contributed by atoms with van der Waals surface area (Å²) in [5.41, 5.74) is 10.2. The van der Waals surface area contributed by atoms with Gasteiger partial charge in [-0.25, -0.2) is 19.7 Å². The summed E-state index contributed by atoms with van der Waals surface area (Å²) in [4.78, 5) is 126. The Bertz CT molecular complexity index is 6280. The number of nitrogens with zero attached hydrogens (tertiary/aromatic N) is 10. The molecule has 2 amide bonds. The molecule has 2 fully saturated rings. The number of carbonyl (C=O) groups excluding carboxylic acids is 6. The number of nitrogens with one attached hydrogen (secondary N) is 2. The number of hydrogen-bond donors (Lipinski definition) is 19. The summed E-state index contributed by atoms with van der Waals surface area (Å²) in [5.74, 6) is -15.1. The fraction of sp³-hybridized carbons (Fsp3) is 0.468. The van der Waals surface area contributed by atoms with Crippen LogP contribution >= 0.6 is 11.3 Å². The Morgan fingerprint density at radius 3 is 2.12 bits per heavy atom. The molecule has 43 heteroatoms. The molecule has 0 unspecified atom stereocenters. The molecule has 0 spiro atoms. The molecule has 5 bridgehead atoms. The number of halogens is 1. The number of phenolic OH excluding ortho intramolecular Hbond substituents is 4. The summed E-state index contributed by atoms with van der Waals surface area (Å²) in [5, 5.41) is 170. The first-order valence-electron chi connectivity index (χ1n) is 43.8. The van der Waals surface area contributed by atoms with Crippen molar-refractivity contribution in [1.29, 1.82) is 0 Å². The van der Waals surface area contributed by atoms with Gasteiger partial charge in [0.2, 0.25) is 11.3 Å². The zero-order chi connectivity index (χ0) is 101. The van der Waals surface area contributed by atoms with E-state index in [1.165, 1.54) is 113 Å². The van der Waals surface area contributed by atoms with E-state index in [0.29, 0.717) is 48.7 Å². The highest BCUT2D eigenvalue weighted by Gasteiger charge is 2.67. The lowest BCUT2D eigenvalue weighted by atomic mass is 9.54. The standard InChI is InChI=1S/C43H58N4O12.C22H24N2O8.C17H20N4O6.C12H17N4OS.ClH/c1-21-12-11-13-22(2)42(55)45-33-28(20-44-47-17-15-46(9)16-18-47)37(52)30-31(38(33)53)36(51)26(6)40-32(30)41(54)43(8,59-40)57-19-14-29(56-10)23(3)39(58-27(7)48)25(5)35(50)24(4)34(21)49;1-21(31)8-5-4-6-11(25)12(8)16(26)13-9(21)7-10-15(24(2)3)17(27)14(20(23)30)19(29)22(10,32)18(13)28;1-7-3-9-10(4-8(7)2)21(5-11(23)14(25)12(24)6-22)15-13(18-9)16(26)20-17(27)19-15;1-8-11(3-4-17)18-7-16(8)6-10-5-14-9(2)15-12(10)13;/h11-14,19-21,23-25,29,34-35,39,49-53H,15-18H2,1-10H3,(H,45,55);4-6,9-10,15,25-26,29,31-32H,7H2,1-3H3,(H2,23,30);3-4,11-12,14,22-25H,5-6H2,1-2H3,(H,20,26,27);5,7,17H,3-4,6H2,1-2H3,(H2,13,14,15);1H/q;;;+1;/p-1/b12-11+,19-14+,22-13+,44-20+;;;;/t21-,23+,24+,25+,29-,34-,35+,39+,43-;9-,10-,15-,21+,22-;11-,12+,14-;;/m001../s1. The van der Waals surface area contributed by atoms with Crippen LogP contribution in [-0.2, 0) is 63.3 Å². The number of methoxy groups -OCH3 is 1. The normalized spacial score (nSPS) is 26.3. The molecule has 9 aliphatic rings. The van der Waals surface area contributed by atoms with E-state index >= 15 is 0 Å². The van der Waals surface area contributed by atoms with Gasteiger partial charge in [-0.15, -0.1) is 0 Å². The van der Waals surface area contributed by atoms with Crippen LogP contribution < -0.4 is 49.7 Å². The van der Waals surface area contributed by atoms with Crippen LogP contribution in [0.15, 0.2) is 110 Å². The Balaban J connectivity index is 0.000000208. The van der Waals surface area contributed by atoms with Gasteiger partial charge in [-0.3, -0.25) is 48.5 Å². The highest BCUT2D eigenvalue weighted by Crippen LogP contribution is 2.59. The number of aromatic hydroxyl groups is 4. The predicted molar refractivity (Wildman–Crippen MR) is 497 cm³/mol. The van der Waals surface area contributed by atoms with Crippen molar-refractivity contribution in [2.75, 3.05) is 78.7 Å². The minimum atomic E-state index is -2.75. The van der Waals surface area contributed by atoms with Crippen molar-refractivity contribution < 1.29 is 141 Å². The van der Waals surface area contributed by atoms with E-state index in [1.807, 2.05) is 40.3 Å². The number of amides is 2. The Morgan fingerprint density at radius 2 is 1.50 bits per heavy atom. The smallest absolute Gasteiger partial charge is 0.349 e. The number of hydrogen-bond acceptors (Lipinski definition) is 37. The number of Topliss-reactive ketones (excluding diaryl/α,β-unsaturated/α-hetero) is 3. The van der Waals surface area contributed by atoms with Gasteiger partial charge in [-0.05, 0) is 110 Å². The number of ether oxygens (including phenoxy) is 4. The van der Waals surface area contributed by atoms with E-state index in [1.54, 1.807) is 74.5 Å². The van der Waals surface area contributed by atoms with E-state index in [0.717, 1.165) is 35.5 Å². The van der Waals surface area contributed by atoms with E-state index in [2.05, 4.69) is 44.8 Å². The third kappa shape index (κ3) is 21.0. The van der Waals surface area contributed by atoms with Crippen LogP contribution in [0.1, 0.15) is 128 Å². The molecule has 41 nitrogen and oxygen atoms in total. The molecule has 17 atom stereocenters. The average molecular weight is 1940 g/mol. The summed E-state index contributed by atoms with van der Waals surface area (Å²) in [6, 6.07) is 6.55. The van der Waals surface area contributed by atoms with Gasteiger partial charge in [0.1, 0.15) is 76.1 Å². The Morgan fingerprint density at radius 1 is 0.839 bits per heavy atom. The number of esters is 1. The fourth-order valence-corrected chi connectivity index (χ4v) is 19.1. The number of hydrazone groups is 1. The van der Waals surface area contributed by atoms with Crippen molar-refractivity contribution in [3.05, 3.63) is 177 Å². The SMILES string of the molecule is CN(C)[C@@H]1C(=O)C(C(N)=O)=C(O)[C@@]2(O)C(=O)C3=C(O)c4c(O)cccc4[C@@](C)(O)[C@H]3C[C@@H]12.CO[C@H]1/C=C/O[C@@]2(C)Oc3c(C)c(O)c4c(O)c(c(/C=N/N5CCN(C)CC5)c(O)c4c3C2=O)NC(=O)/C(C)=C/C=C/[C@H](C)[C@H](O)[C@@H](C)[C@@H](O)[C@@H](C)[C@H](OC(C)=O)[C@@H]1C.Cc1cc2nc3c(=O)[nH]c(=O)nc-3n(C[C@@H](O)[C@@H](O)[C@@H](O)CO)c2cc1C.Cc1ncc(C[n+]2csc(CCO)c2C)c(N)n1.[Cl-]. The van der Waals surface area contributed by atoms with Gasteiger partial charge in [-0.2, -0.15) is 14.7 Å². The van der Waals surface area contributed by atoms with Gasteiger partial charge in [-0.1, -0.05) is 69.4 Å². The lowest BCUT2D eigenvalue weighted by Gasteiger charge is -2.53. The van der Waals surface area contributed by atoms with E-state index in [-0.39, 0.29) is 99.1 Å². The third-order valence-corrected chi connectivity index (χ3v) is 27.5. The molecule has 137 heavy (non-hydrogen) atoms. The number of ketones is 3. The zero-order valence-corrected chi connectivity index (χ0v) is 80.3. The van der Waals surface area contributed by atoms with Crippen molar-refractivity contribution >= 4 is 91.8 Å². The number of piperazine rings is 1. The van der Waals surface area contributed by atoms with Crippen LogP contribution in [0.5, 0.6) is 28.7 Å². The van der Waals surface area contributed by atoms with Crippen LogP contribution in [0.2, 0.25) is 0 Å². The Hall–Kier alpha value is -12.3. The number of aliphatic hydroxyl groups excluding tert-OH is 9. The number of aryl methyl sites for hydroxylation is 3. The van der Waals surface area contributed by atoms with Crippen molar-refractivity contribution in [3.8, 4) is 40.3 Å². The average Bonchev–Trinajstić information content (AvgIpc) is 1.34. The number of carbonyl (C=O) groups is 6. The summed E-state index contributed by atoms with van der Waals surface area (Å²) in [6.07, 6.45) is 2.45. The van der Waals surface area contributed by atoms with Crippen LogP contribution in [0.25, 0.3) is 39.1 Å². The molecule has 8 heterocycles. The maximum absolute atomic E-state index is 14.4. The highest BCUT2D eigenvalue weighted by molar-refractivity contribution is 7.09. The summed E-state index contributed by atoms with van der Waals surface area (Å²) in [6.45, 7) is 23.9. The first-order valence-corrected chi connectivity index (χ1v) is 44.7. The Kier molecular flexibility index (Phi) is 33.3. The van der Waals surface area contributed by atoms with Crippen molar-refractivity contribution in [1.82, 2.24) is 44.3 Å². The molecule has 3 aliphatic carbocycles. The fourth-order valence-electron chi connectivity index (χ4n) is 18.1. The minimum absolute atomic E-state index is 0. The lowest BCUT2D eigenvalue weighted by molar-refractivity contribution is -0.689. The van der Waals surface area contributed by atoms with Crippen molar-refractivity contribution in [2.45, 2.75) is 182 Å². The number of nitrogens with two attached hydrogens (primary N) is 2. The Labute approximate surface area is 797 Å². The number of anilines is 2. The molecule has 1 saturated carbocycles. The third-order valence-electron chi connectivity index (χ3n) is 26.3. The van der Waals surface area contributed by atoms with Crippen molar-refractivity contribution in [3.63, 3.8) is 0 Å². The number of allylic oxidation sites excluding steroid dienone is 2. The van der Waals surface area contributed by atoms with E-state index < -0.39 is 200 Å². The number of primary amides is 1. The number of thiazole rings is 1. The number of benzene rings is 4. The first kappa shape index (κ1) is 107. The number of aromatic nitrogens is 7. The molecule has 6 aliphatic heterocycles. The zero-order valence-electron chi connectivity index (χ0n) is 78.7. The van der Waals surface area contributed by atoms with Gasteiger partial charge >= 0.3 is 17.4 Å². The number of nitrogen functional groups attached to an aromatic ring is 1. The van der Waals surface area contributed by atoms with Crippen molar-refractivity contribution in [2.24, 2.45) is 46.3 Å². The maximum atomic E-state index is 14.4. The largest absolute Gasteiger partial charge is 1.00 e. The van der Waals surface area contributed by atoms with Crippen LogP contribution in [0.3, 0.4) is 0 Å². The number of aliphatic hydroxyl groups is 11. The molecule has 21 N–H and O–H groups in total. The van der Waals surface area contributed by atoms with Crippen LogP contribution in [0.4, 0.5) is 11.5 Å². The summed E-state index contributed by atoms with van der Waals surface area (Å²) in [7, 11) is 6.43. The monoisotopic (exact) mass is 1940 g/mol. The van der Waals surface area contributed by atoms with Gasteiger partial charge < -0.3 is 134 Å². The number of phenols is 4. The second-order valence-corrected chi connectivity index (χ2v) is 36.7. The molecule has 2 aromatic heterocycles. The van der Waals surface area contributed by atoms with Crippen LogP contribution in [-0.4, -0.2) is 290 Å². The maximum Gasteiger partial charge on any atom is 0.349 e. The molecule has 15 rings (SSSR count). The molecule has 0 radical (unpaired) electrons. The second-order valence-electron chi connectivity index (χ2n) is 35.7. The number of H-pyrrole nitrogens is 1. The first-order chi connectivity index (χ1) is 63.8. The molecular formula is C94H119ClN14O27S. The quantitative estimate of drug-likeness (QED) is 0.0121. The van der Waals surface area contributed by atoms with Crippen LogP contribution in [0, 0.1) is 70.1 Å². The van der Waals surface area contributed by atoms with Gasteiger partial charge in [0.25, 0.3) is 23.2 Å². The molecular weight excluding hydrogens is 1820 g/mol.